The van der Waals surface area contributed by atoms with Gasteiger partial charge in [-0.1, -0.05) is 46.4 Å². The molecule has 0 saturated carbocycles. The van der Waals surface area contributed by atoms with Crippen LogP contribution in [-0.4, -0.2) is 180 Å². The van der Waals surface area contributed by atoms with Gasteiger partial charge in [0.05, 0.1) is 47.4 Å². The van der Waals surface area contributed by atoms with Crippen LogP contribution in [0.4, 0.5) is 4.79 Å². The molecule has 5 aliphatic heterocycles. The number of likely N-dealkylation sites (tertiary alicyclic amines) is 1. The maximum absolute atomic E-state index is 14.8. The first-order valence-corrected chi connectivity index (χ1v) is 28.6. The number of hydrazine groups is 1. The molecule has 19 heteroatoms. The van der Waals surface area contributed by atoms with Crippen molar-refractivity contribution < 1.29 is 33.4 Å². The van der Waals surface area contributed by atoms with E-state index in [0.717, 1.165) is 52.9 Å². The summed E-state index contributed by atoms with van der Waals surface area (Å²) in [6, 6.07) is 9.88. The lowest BCUT2D eigenvalue weighted by molar-refractivity contribution is -0.146. The van der Waals surface area contributed by atoms with Gasteiger partial charge in [0, 0.05) is 94.6 Å². The summed E-state index contributed by atoms with van der Waals surface area (Å²) in [5.41, 5.74) is 6.06. The van der Waals surface area contributed by atoms with Crippen molar-refractivity contribution >= 4 is 65.6 Å². The number of likely N-dealkylation sites (N-methyl/N-ethyl adjacent to an activating group) is 2. The van der Waals surface area contributed by atoms with Crippen LogP contribution in [0.25, 0.3) is 27.7 Å². The number of fused-ring (bicyclic) bond motifs is 7. The minimum absolute atomic E-state index is 0.0632. The summed E-state index contributed by atoms with van der Waals surface area (Å²) in [4.78, 5) is 87.3. The number of nitrogens with zero attached hydrogens (tertiary/aromatic N) is 8. The number of benzene rings is 1. The maximum atomic E-state index is 14.8. The molecular formula is C52H76N10O7Si2. The van der Waals surface area contributed by atoms with E-state index >= 15 is 0 Å². The van der Waals surface area contributed by atoms with E-state index in [1.807, 2.05) is 40.1 Å². The minimum atomic E-state index is -1.64. The van der Waals surface area contributed by atoms with Crippen molar-refractivity contribution in [2.75, 3.05) is 80.3 Å². The van der Waals surface area contributed by atoms with Crippen LogP contribution in [0.3, 0.4) is 0 Å². The van der Waals surface area contributed by atoms with Crippen molar-refractivity contribution in [3.8, 4) is 11.3 Å². The van der Waals surface area contributed by atoms with Crippen LogP contribution in [0.15, 0.2) is 55.3 Å². The van der Waals surface area contributed by atoms with Crippen molar-refractivity contribution in [2.45, 2.75) is 103 Å². The second-order valence-electron chi connectivity index (χ2n) is 21.7. The molecule has 5 atom stereocenters. The van der Waals surface area contributed by atoms with Gasteiger partial charge in [0.2, 0.25) is 17.7 Å². The number of hydrogen-bond acceptors (Lipinski definition) is 11. The highest BCUT2D eigenvalue weighted by atomic mass is 28.2. The average molecular weight is 1010 g/mol. The van der Waals surface area contributed by atoms with Gasteiger partial charge in [-0.25, -0.2) is 4.79 Å². The van der Waals surface area contributed by atoms with Crippen LogP contribution in [-0.2, 0) is 41.6 Å². The molecule has 3 aromatic rings. The normalized spacial score (nSPS) is 24.1. The molecule has 7 heterocycles. The van der Waals surface area contributed by atoms with Crippen molar-refractivity contribution in [3.05, 3.63) is 72.1 Å². The molecule has 8 rings (SSSR count). The number of methoxy groups -OCH3 is 1. The number of cyclic esters (lactones) is 1. The average Bonchev–Trinajstić information content (AvgIpc) is 3.73. The molecule has 1 spiro atoms. The molecule has 1 unspecified atom stereocenters. The lowest BCUT2D eigenvalue weighted by Gasteiger charge is -2.52. The fourth-order valence-corrected chi connectivity index (χ4v) is 14.6. The second-order valence-corrected chi connectivity index (χ2v) is 25.2. The molecule has 0 radical (unpaired) electrons. The van der Waals surface area contributed by atoms with E-state index in [1.165, 1.54) is 22.1 Å². The monoisotopic (exact) mass is 1010 g/mol. The summed E-state index contributed by atoms with van der Waals surface area (Å²) in [6.07, 6.45) is 7.98. The van der Waals surface area contributed by atoms with Crippen LogP contribution < -0.4 is 10.1 Å². The fourth-order valence-electron chi connectivity index (χ4n) is 11.6. The van der Waals surface area contributed by atoms with Crippen molar-refractivity contribution in [1.29, 1.82) is 0 Å². The Morgan fingerprint density at radius 3 is 2.61 bits per heavy atom. The third kappa shape index (κ3) is 10.7. The van der Waals surface area contributed by atoms with Crippen LogP contribution in [0.5, 0.6) is 0 Å². The van der Waals surface area contributed by atoms with Crippen molar-refractivity contribution in [1.82, 2.24) is 49.1 Å². The molecule has 1 aromatic carbocycles. The van der Waals surface area contributed by atoms with E-state index < -0.39 is 36.4 Å². The van der Waals surface area contributed by atoms with Crippen LogP contribution >= 0.6 is 0 Å². The van der Waals surface area contributed by atoms with Gasteiger partial charge in [-0.05, 0) is 99.5 Å². The molecule has 2 N–H and O–H groups in total. The Labute approximate surface area is 424 Å². The molecule has 5 amide bonds. The largest absolute Gasteiger partial charge is 0.465 e. The Bertz CT molecular complexity index is 2560. The fraction of sp³-hybridized carbons (Fsp3) is 0.577. The van der Waals surface area contributed by atoms with Gasteiger partial charge in [0.25, 0.3) is 0 Å². The number of pyridine rings is 1. The number of carbonyl (C=O) groups excluding carboxylic acids is 5. The van der Waals surface area contributed by atoms with Gasteiger partial charge >= 0.3 is 12.0 Å². The Hall–Kier alpha value is -5.19. The molecular weight excluding hydrogens is 933 g/mol. The third-order valence-corrected chi connectivity index (χ3v) is 19.1. The zero-order valence-electron chi connectivity index (χ0n) is 43.5. The first-order chi connectivity index (χ1) is 33.9. The van der Waals surface area contributed by atoms with Crippen LogP contribution in [0, 0.1) is 11.3 Å². The number of hydrogen-bond donors (Lipinski definition) is 2. The van der Waals surface area contributed by atoms with Gasteiger partial charge in [-0.15, -0.1) is 0 Å². The van der Waals surface area contributed by atoms with Crippen molar-refractivity contribution in [3.63, 3.8) is 0 Å². The molecule has 3 saturated heterocycles. The van der Waals surface area contributed by atoms with Gasteiger partial charge in [-0.3, -0.25) is 44.1 Å². The Kier molecular flexibility index (Phi) is 15.8. The highest BCUT2D eigenvalue weighted by Gasteiger charge is 2.54. The molecule has 2 aromatic heterocycles. The number of ether oxygens (including phenoxy) is 2. The van der Waals surface area contributed by atoms with Gasteiger partial charge in [0.15, 0.2) is 0 Å². The van der Waals surface area contributed by atoms with Gasteiger partial charge in [0.1, 0.15) is 25.4 Å². The van der Waals surface area contributed by atoms with Crippen molar-refractivity contribution in [2.24, 2.45) is 11.3 Å². The molecule has 3 fully saturated rings. The number of esters is 1. The summed E-state index contributed by atoms with van der Waals surface area (Å²) < 4.78 is 14.5. The third-order valence-electron chi connectivity index (χ3n) is 15.6. The maximum Gasteiger partial charge on any atom is 0.320 e. The van der Waals surface area contributed by atoms with E-state index in [-0.39, 0.29) is 59.4 Å². The predicted molar refractivity (Wildman–Crippen MR) is 281 cm³/mol. The number of urea groups is 1. The Morgan fingerprint density at radius 2 is 1.89 bits per heavy atom. The first-order valence-electron chi connectivity index (χ1n) is 25.6. The summed E-state index contributed by atoms with van der Waals surface area (Å²) in [6.45, 7) is 21.2. The predicted octanol–water partition coefficient (Wildman–Crippen LogP) is 3.68. The van der Waals surface area contributed by atoms with Gasteiger partial charge < -0.3 is 33.7 Å². The molecule has 6 bridgehead atoms. The zero-order chi connectivity index (χ0) is 50.9. The summed E-state index contributed by atoms with van der Waals surface area (Å²) in [7, 11) is 2.39. The highest BCUT2D eigenvalue weighted by Crippen LogP contribution is 2.42. The SMILES string of the molecule is C=CC(=O)N1CN(C)C2(C1)CN(C(=O)N(C)[C@H](C(=O)N[SiH2][C@H]1CN3CCC=C(C3)c3ccc4c(c3)c(c(-c3cccnc3[C@H](C)OC)n4CC)CC(C)(C)COC(=O)[C@@H]3CCCN(N[SiH2]3)C1=O)C(C)C)C2. The number of rotatable bonds is 10. The first kappa shape index (κ1) is 52.1. The highest BCUT2D eigenvalue weighted by molar-refractivity contribution is 6.46. The lowest BCUT2D eigenvalue weighted by Crippen LogP contribution is -2.72. The molecule has 5 aliphatic rings. The summed E-state index contributed by atoms with van der Waals surface area (Å²) in [5.74, 6) is -0.880. The lowest BCUT2D eigenvalue weighted by atomic mass is 9.84. The number of nitrogens with one attached hydrogen (secondary N) is 2. The van der Waals surface area contributed by atoms with E-state index in [9.17, 15) is 24.0 Å². The zero-order valence-corrected chi connectivity index (χ0v) is 46.3. The number of carbonyl (C=O) groups is 5. The van der Waals surface area contributed by atoms with E-state index in [1.54, 1.807) is 29.0 Å². The van der Waals surface area contributed by atoms with Crippen LogP contribution in [0.1, 0.15) is 83.7 Å². The smallest absolute Gasteiger partial charge is 0.320 e. The number of aryl methyl sites for hydroxylation is 1. The number of aromatic nitrogens is 2. The second kappa shape index (κ2) is 21.5. The molecule has 17 nitrogen and oxygen atoms in total. The van der Waals surface area contributed by atoms with Crippen LogP contribution in [0.2, 0.25) is 11.1 Å². The minimum Gasteiger partial charge on any atom is -0.465 e. The topological polar surface area (TPSA) is 165 Å². The van der Waals surface area contributed by atoms with E-state index in [2.05, 4.69) is 82.1 Å². The standard InChI is InChI=1S/C52H76N10O7Si2/c1-11-43(63)60-30-52(56(8)32-60)28-59(29-52)50(67)57(9)45(33(3)4)47(64)54-70-42-27-58-22-14-16-36(26-58)35-19-20-40-38(24-35)39(46(61(40)12-2)37-17-13-21-53-44(37)34(5)68-10)25-51(6,7)31-69-49(66)41-18-15-23-62(48(42)65)55-71-41/h11,13,16-17,19-21,24,33-34,41-42,45,55H,1,12,14-15,18,22-23,25-32,70-71H2,2-10H3,(H,54,64)/t34-,41-,42-,45-/m0/s1. The quantitative estimate of drug-likeness (QED) is 0.173. The van der Waals surface area contributed by atoms with E-state index in [0.29, 0.717) is 65.2 Å². The molecule has 71 heavy (non-hydrogen) atoms. The summed E-state index contributed by atoms with van der Waals surface area (Å²) >= 11 is 0. The molecule has 384 valence electrons. The van der Waals surface area contributed by atoms with Gasteiger partial charge in [-0.2, -0.15) is 0 Å². The summed E-state index contributed by atoms with van der Waals surface area (Å²) in [5, 5.41) is 6.35. The number of amides is 5. The van der Waals surface area contributed by atoms with E-state index in [4.69, 9.17) is 14.5 Å². The molecule has 0 aliphatic carbocycles. The Morgan fingerprint density at radius 1 is 1.13 bits per heavy atom. The Balaban J connectivity index is 1.07.